The molecule has 0 unspecified atom stereocenters. The molecule has 0 fully saturated rings. The van der Waals surface area contributed by atoms with Crippen LogP contribution in [0, 0.1) is 0 Å². The van der Waals surface area contributed by atoms with Gasteiger partial charge in [-0.15, -0.1) is 0 Å². The molecule has 3 rings (SSSR count). The molecule has 0 atom stereocenters. The Balaban J connectivity index is 2.12. The summed E-state index contributed by atoms with van der Waals surface area (Å²) in [6.45, 7) is 0. The van der Waals surface area contributed by atoms with Crippen molar-refractivity contribution in [3.8, 4) is 5.69 Å². The van der Waals surface area contributed by atoms with Crippen molar-refractivity contribution in [1.82, 2.24) is 8.94 Å². The molecule has 0 N–H and O–H groups in total. The normalized spacial score (nSPS) is 12.1. The summed E-state index contributed by atoms with van der Waals surface area (Å²) in [5.74, 6) is 0. The molecule has 0 radical (unpaired) electrons. The Labute approximate surface area is 144 Å². The Kier molecular flexibility index (Phi) is 4.42. The highest BCUT2D eigenvalue weighted by Gasteiger charge is 2.09. The van der Waals surface area contributed by atoms with Crippen LogP contribution in [0.4, 0.5) is 5.69 Å². The van der Waals surface area contributed by atoms with Gasteiger partial charge in [-0.25, -0.2) is 4.99 Å². The van der Waals surface area contributed by atoms with E-state index in [-0.39, 0.29) is 0 Å². The highest BCUT2D eigenvalue weighted by molar-refractivity contribution is 9.11. The van der Waals surface area contributed by atoms with E-state index in [1.54, 1.807) is 0 Å². The van der Waals surface area contributed by atoms with Crippen molar-refractivity contribution in [3.05, 3.63) is 55.4 Å². The minimum atomic E-state index is 0.446. The summed E-state index contributed by atoms with van der Waals surface area (Å²) in [7, 11) is 2.79. The molecule has 0 saturated heterocycles. The van der Waals surface area contributed by atoms with Crippen LogP contribution < -0.4 is 4.67 Å². The van der Waals surface area contributed by atoms with E-state index in [4.69, 9.17) is 11.6 Å². The monoisotopic (exact) mass is 449 g/mol. The number of nitrogens with zero attached hydrogens (tertiary/aromatic N) is 3. The largest absolute Gasteiger partial charge is 0.322 e. The van der Waals surface area contributed by atoms with Crippen LogP contribution in [0.3, 0.4) is 0 Å². The first-order valence-electron chi connectivity index (χ1n) is 5.44. The first kappa shape index (κ1) is 14.5. The quantitative estimate of drug-likeness (QED) is 0.480. The van der Waals surface area contributed by atoms with Crippen molar-refractivity contribution >= 4 is 70.0 Å². The number of benzene rings is 1. The molecule has 2 heterocycles. The second-order valence-corrected chi connectivity index (χ2v) is 7.70. The lowest BCUT2D eigenvalue weighted by Gasteiger charge is -2.09. The van der Waals surface area contributed by atoms with Crippen molar-refractivity contribution in [2.75, 3.05) is 0 Å². The van der Waals surface area contributed by atoms with Crippen molar-refractivity contribution in [3.63, 3.8) is 0 Å². The van der Waals surface area contributed by atoms with Gasteiger partial charge in [-0.1, -0.05) is 11.6 Å². The second-order valence-electron chi connectivity index (χ2n) is 3.81. The first-order valence-corrected chi connectivity index (χ1v) is 9.51. The van der Waals surface area contributed by atoms with Crippen LogP contribution in [0.25, 0.3) is 5.69 Å². The molecule has 0 saturated carbocycles. The summed E-state index contributed by atoms with van der Waals surface area (Å²) in [5.41, 5.74) is 1.85. The SMILES string of the molecule is Clc1nssc1=Nc1cc(Br)c(-n2cccc2)c(Br)c1. The first-order chi connectivity index (χ1) is 9.65. The van der Waals surface area contributed by atoms with Crippen molar-refractivity contribution < 1.29 is 0 Å². The molecule has 0 aliphatic heterocycles. The summed E-state index contributed by atoms with van der Waals surface area (Å²) in [4.78, 5) is 4.51. The number of halogens is 3. The molecule has 3 aromatic rings. The van der Waals surface area contributed by atoms with Crippen molar-refractivity contribution in [2.45, 2.75) is 0 Å². The molecule has 0 spiro atoms. The van der Waals surface area contributed by atoms with Gasteiger partial charge in [-0.2, -0.15) is 4.37 Å². The Morgan fingerprint density at radius 2 is 1.80 bits per heavy atom. The van der Waals surface area contributed by atoms with E-state index < -0.39 is 0 Å². The second kappa shape index (κ2) is 6.11. The maximum atomic E-state index is 5.97. The van der Waals surface area contributed by atoms with Gasteiger partial charge in [-0.05, 0) is 66.5 Å². The third-order valence-corrected chi connectivity index (χ3v) is 5.88. The molecule has 3 nitrogen and oxygen atoms in total. The lowest BCUT2D eigenvalue weighted by atomic mass is 10.3. The standard InChI is InChI=1S/C12H6Br2ClN3S2/c13-8-5-7(16-12-11(15)17-20-19-12)6-9(14)10(8)18-3-1-2-4-18/h1-6H. The maximum Gasteiger partial charge on any atom is 0.179 e. The predicted molar refractivity (Wildman–Crippen MR) is 91.4 cm³/mol. The molecule has 0 amide bonds. The number of hydrogen-bond donors (Lipinski definition) is 0. The van der Waals surface area contributed by atoms with Gasteiger partial charge in [0.25, 0.3) is 0 Å². The molecular formula is C12H6Br2ClN3S2. The fourth-order valence-electron chi connectivity index (χ4n) is 1.69. The summed E-state index contributed by atoms with van der Waals surface area (Å²) < 4.78 is 8.67. The van der Waals surface area contributed by atoms with Crippen molar-refractivity contribution in [2.24, 2.45) is 4.99 Å². The minimum Gasteiger partial charge on any atom is -0.322 e. The van der Waals surface area contributed by atoms with Crippen LogP contribution >= 0.6 is 64.3 Å². The molecule has 0 aliphatic rings. The molecule has 0 aliphatic carbocycles. The summed E-state index contributed by atoms with van der Waals surface area (Å²) in [6, 6.07) is 7.88. The highest BCUT2D eigenvalue weighted by Crippen LogP contribution is 2.34. The lowest BCUT2D eigenvalue weighted by Crippen LogP contribution is -1.95. The molecule has 20 heavy (non-hydrogen) atoms. The van der Waals surface area contributed by atoms with Crippen LogP contribution in [0.5, 0.6) is 0 Å². The van der Waals surface area contributed by atoms with Gasteiger partial charge in [0.15, 0.2) is 9.82 Å². The maximum absolute atomic E-state index is 5.97. The Morgan fingerprint density at radius 3 is 2.35 bits per heavy atom. The van der Waals surface area contributed by atoms with Crippen LogP contribution in [0.15, 0.2) is 50.6 Å². The molecule has 102 valence electrons. The third-order valence-electron chi connectivity index (χ3n) is 2.51. The fourth-order valence-corrected chi connectivity index (χ4v) is 5.25. The van der Waals surface area contributed by atoms with Crippen LogP contribution in [-0.4, -0.2) is 8.94 Å². The third kappa shape index (κ3) is 2.92. The highest BCUT2D eigenvalue weighted by atomic mass is 79.9. The molecule has 8 heteroatoms. The van der Waals surface area contributed by atoms with Crippen LogP contribution in [0.2, 0.25) is 5.15 Å². The average molecular weight is 452 g/mol. The summed E-state index contributed by atoms with van der Waals surface area (Å²) in [6.07, 6.45) is 3.98. The van der Waals surface area contributed by atoms with Crippen molar-refractivity contribution in [1.29, 1.82) is 0 Å². The van der Waals surface area contributed by atoms with E-state index in [2.05, 4.69) is 41.2 Å². The lowest BCUT2D eigenvalue weighted by molar-refractivity contribution is 1.06. The number of hydrogen-bond acceptors (Lipinski definition) is 4. The average Bonchev–Trinajstić information content (AvgIpc) is 3.02. The van der Waals surface area contributed by atoms with E-state index in [1.165, 1.54) is 20.9 Å². The van der Waals surface area contributed by atoms with Crippen LogP contribution in [0.1, 0.15) is 0 Å². The molecular weight excluding hydrogens is 446 g/mol. The Morgan fingerprint density at radius 1 is 1.15 bits per heavy atom. The Bertz CT molecular complexity index is 785. The number of aromatic nitrogens is 2. The van der Waals surface area contributed by atoms with Gasteiger partial charge >= 0.3 is 0 Å². The Hall–Kier alpha value is -0.470. The number of rotatable bonds is 2. The smallest absolute Gasteiger partial charge is 0.179 e. The molecule has 1 aromatic carbocycles. The van der Waals surface area contributed by atoms with Gasteiger partial charge in [0.05, 0.1) is 11.4 Å². The van der Waals surface area contributed by atoms with Gasteiger partial charge in [0.2, 0.25) is 0 Å². The topological polar surface area (TPSA) is 30.2 Å². The predicted octanol–water partition coefficient (Wildman–Crippen LogP) is 5.41. The zero-order valence-electron chi connectivity index (χ0n) is 9.76. The zero-order valence-corrected chi connectivity index (χ0v) is 15.3. The van der Waals surface area contributed by atoms with E-state index in [1.807, 2.05) is 41.2 Å². The molecule has 2 aromatic heterocycles. The van der Waals surface area contributed by atoms with Gasteiger partial charge < -0.3 is 4.57 Å². The summed E-state index contributed by atoms with van der Waals surface area (Å²) in [5, 5.41) is 0.446. The molecule has 0 bridgehead atoms. The minimum absolute atomic E-state index is 0.446. The van der Waals surface area contributed by atoms with Gasteiger partial charge in [-0.3, -0.25) is 0 Å². The van der Waals surface area contributed by atoms with E-state index in [9.17, 15) is 0 Å². The van der Waals surface area contributed by atoms with Gasteiger partial charge in [0, 0.05) is 31.9 Å². The zero-order chi connectivity index (χ0) is 14.1. The van der Waals surface area contributed by atoms with E-state index in [0.29, 0.717) is 5.15 Å². The van der Waals surface area contributed by atoms with E-state index >= 15 is 0 Å². The van der Waals surface area contributed by atoms with E-state index in [0.717, 1.165) is 25.0 Å². The van der Waals surface area contributed by atoms with Crippen LogP contribution in [-0.2, 0) is 0 Å². The summed E-state index contributed by atoms with van der Waals surface area (Å²) >= 11 is 13.1. The van der Waals surface area contributed by atoms with Gasteiger partial charge in [0.1, 0.15) is 0 Å². The fraction of sp³-hybridized carbons (Fsp3) is 0.